The molecule has 1 aromatic rings. The zero-order chi connectivity index (χ0) is 18.1. The number of rotatable bonds is 2. The topological polar surface area (TPSA) is 70.1 Å². The third-order valence-electron chi connectivity index (χ3n) is 3.97. The SMILES string of the molecule is Cc1cccc(N(C)C(=O)[C@@H]2C(O)CCN2C(=O)OC(C)(C)C)c1. The van der Waals surface area contributed by atoms with Crippen LogP contribution in [0.1, 0.15) is 32.8 Å². The molecule has 2 atom stereocenters. The van der Waals surface area contributed by atoms with Crippen molar-refractivity contribution in [2.75, 3.05) is 18.5 Å². The third-order valence-corrected chi connectivity index (χ3v) is 3.97. The predicted octanol–water partition coefficient (Wildman–Crippen LogP) is 2.33. The van der Waals surface area contributed by atoms with Crippen LogP contribution in [0.15, 0.2) is 24.3 Å². The van der Waals surface area contributed by atoms with E-state index >= 15 is 0 Å². The van der Waals surface area contributed by atoms with E-state index in [0.29, 0.717) is 13.0 Å². The minimum absolute atomic E-state index is 0.300. The first-order valence-electron chi connectivity index (χ1n) is 8.12. The summed E-state index contributed by atoms with van der Waals surface area (Å²) in [5.41, 5.74) is 1.10. The quantitative estimate of drug-likeness (QED) is 0.901. The molecule has 1 aliphatic heterocycles. The molecule has 2 rings (SSSR count). The molecule has 0 saturated carbocycles. The van der Waals surface area contributed by atoms with Crippen molar-refractivity contribution < 1.29 is 19.4 Å². The maximum atomic E-state index is 12.9. The van der Waals surface area contributed by atoms with Crippen molar-refractivity contribution in [1.82, 2.24) is 4.90 Å². The van der Waals surface area contributed by atoms with Gasteiger partial charge in [0, 0.05) is 19.3 Å². The van der Waals surface area contributed by atoms with E-state index in [0.717, 1.165) is 11.3 Å². The Morgan fingerprint density at radius 2 is 2.00 bits per heavy atom. The van der Waals surface area contributed by atoms with Gasteiger partial charge in [-0.2, -0.15) is 0 Å². The zero-order valence-electron chi connectivity index (χ0n) is 14.9. The number of aliphatic hydroxyl groups excluding tert-OH is 1. The van der Waals surface area contributed by atoms with Gasteiger partial charge in [-0.1, -0.05) is 12.1 Å². The van der Waals surface area contributed by atoms with Crippen molar-refractivity contribution in [3.8, 4) is 0 Å². The van der Waals surface area contributed by atoms with Crippen LogP contribution < -0.4 is 4.90 Å². The molecule has 1 saturated heterocycles. The molecule has 24 heavy (non-hydrogen) atoms. The van der Waals surface area contributed by atoms with Crippen LogP contribution in [-0.4, -0.2) is 53.3 Å². The highest BCUT2D eigenvalue weighted by atomic mass is 16.6. The van der Waals surface area contributed by atoms with Gasteiger partial charge in [-0.25, -0.2) is 4.79 Å². The molecule has 6 heteroatoms. The van der Waals surface area contributed by atoms with Crippen LogP contribution >= 0.6 is 0 Å². The van der Waals surface area contributed by atoms with Gasteiger partial charge in [0.1, 0.15) is 11.6 Å². The van der Waals surface area contributed by atoms with Crippen molar-refractivity contribution in [2.24, 2.45) is 0 Å². The Bertz CT molecular complexity index is 624. The molecule has 2 amide bonds. The molecule has 6 nitrogen and oxygen atoms in total. The summed E-state index contributed by atoms with van der Waals surface area (Å²) in [5.74, 6) is -0.323. The van der Waals surface area contributed by atoms with Crippen molar-refractivity contribution in [2.45, 2.75) is 51.9 Å². The number of hydrogen-bond acceptors (Lipinski definition) is 4. The summed E-state index contributed by atoms with van der Waals surface area (Å²) in [7, 11) is 1.65. The zero-order valence-corrected chi connectivity index (χ0v) is 14.9. The average molecular weight is 334 g/mol. The van der Waals surface area contributed by atoms with Gasteiger partial charge < -0.3 is 14.7 Å². The standard InChI is InChI=1S/C18H26N2O4/c1-12-7-6-8-13(11-12)19(5)16(22)15-14(21)9-10-20(15)17(23)24-18(2,3)4/h6-8,11,14-15,21H,9-10H2,1-5H3/t14?,15-/m0/s1. The largest absolute Gasteiger partial charge is 0.444 e. The van der Waals surface area contributed by atoms with E-state index in [1.165, 1.54) is 9.80 Å². The number of aliphatic hydroxyl groups is 1. The van der Waals surface area contributed by atoms with Crippen LogP contribution in [0.4, 0.5) is 10.5 Å². The number of aryl methyl sites for hydroxylation is 1. The van der Waals surface area contributed by atoms with Crippen LogP contribution in [0.3, 0.4) is 0 Å². The smallest absolute Gasteiger partial charge is 0.411 e. The number of carbonyl (C=O) groups excluding carboxylic acids is 2. The van der Waals surface area contributed by atoms with Gasteiger partial charge in [-0.3, -0.25) is 9.69 Å². The predicted molar refractivity (Wildman–Crippen MR) is 91.9 cm³/mol. The van der Waals surface area contributed by atoms with Gasteiger partial charge in [0.15, 0.2) is 0 Å². The number of ether oxygens (including phenoxy) is 1. The van der Waals surface area contributed by atoms with Crippen LogP contribution in [0, 0.1) is 6.92 Å². The molecule has 0 bridgehead atoms. The first-order valence-corrected chi connectivity index (χ1v) is 8.12. The van der Waals surface area contributed by atoms with E-state index in [1.54, 1.807) is 27.8 Å². The van der Waals surface area contributed by atoms with Crippen molar-refractivity contribution >= 4 is 17.7 Å². The lowest BCUT2D eigenvalue weighted by molar-refractivity contribution is -0.125. The van der Waals surface area contributed by atoms with Gasteiger partial charge in [0.05, 0.1) is 6.10 Å². The molecule has 1 N–H and O–H groups in total. The lowest BCUT2D eigenvalue weighted by atomic mass is 10.1. The van der Waals surface area contributed by atoms with E-state index in [1.807, 2.05) is 31.2 Å². The summed E-state index contributed by atoms with van der Waals surface area (Å²) in [6.45, 7) is 7.56. The summed E-state index contributed by atoms with van der Waals surface area (Å²) in [4.78, 5) is 28.0. The molecule has 1 fully saturated rings. The normalized spacial score (nSPS) is 20.8. The second kappa shape index (κ2) is 6.81. The molecule has 1 heterocycles. The highest BCUT2D eigenvalue weighted by molar-refractivity contribution is 5.99. The fourth-order valence-electron chi connectivity index (χ4n) is 2.76. The number of nitrogens with zero attached hydrogens (tertiary/aromatic N) is 2. The number of carbonyl (C=O) groups is 2. The molecular formula is C18H26N2O4. The van der Waals surface area contributed by atoms with E-state index in [2.05, 4.69) is 0 Å². The fourth-order valence-corrected chi connectivity index (χ4v) is 2.76. The Kier molecular flexibility index (Phi) is 5.18. The number of amides is 2. The Hall–Kier alpha value is -2.08. The number of likely N-dealkylation sites (tertiary alicyclic amines) is 1. The van der Waals surface area contributed by atoms with Crippen LogP contribution in [-0.2, 0) is 9.53 Å². The van der Waals surface area contributed by atoms with Crippen LogP contribution in [0.25, 0.3) is 0 Å². The minimum Gasteiger partial charge on any atom is -0.444 e. The molecule has 132 valence electrons. The monoisotopic (exact) mass is 334 g/mol. The molecular weight excluding hydrogens is 308 g/mol. The lowest BCUT2D eigenvalue weighted by Gasteiger charge is -2.31. The number of likely N-dealkylation sites (N-methyl/N-ethyl adjacent to an activating group) is 1. The van der Waals surface area contributed by atoms with E-state index in [-0.39, 0.29) is 5.91 Å². The van der Waals surface area contributed by atoms with Crippen molar-refractivity contribution in [1.29, 1.82) is 0 Å². The summed E-state index contributed by atoms with van der Waals surface area (Å²) in [6.07, 6.45) is -1.11. The molecule has 0 spiro atoms. The molecule has 1 aliphatic rings. The molecule has 0 aromatic heterocycles. The molecule has 1 aromatic carbocycles. The van der Waals surface area contributed by atoms with Crippen LogP contribution in [0.2, 0.25) is 0 Å². The lowest BCUT2D eigenvalue weighted by Crippen LogP contribution is -2.51. The summed E-state index contributed by atoms with van der Waals surface area (Å²) < 4.78 is 5.36. The summed E-state index contributed by atoms with van der Waals surface area (Å²) in [6, 6.07) is 6.59. The number of hydrogen-bond donors (Lipinski definition) is 1. The Labute approximate surface area is 143 Å². The third kappa shape index (κ3) is 4.06. The number of benzene rings is 1. The van der Waals surface area contributed by atoms with E-state index < -0.39 is 23.8 Å². The second-order valence-corrected chi connectivity index (χ2v) is 7.21. The van der Waals surface area contributed by atoms with Gasteiger partial charge in [-0.05, 0) is 51.8 Å². The summed E-state index contributed by atoms with van der Waals surface area (Å²) >= 11 is 0. The Morgan fingerprint density at radius 1 is 1.33 bits per heavy atom. The van der Waals surface area contributed by atoms with Gasteiger partial charge in [0.2, 0.25) is 0 Å². The molecule has 0 aliphatic carbocycles. The van der Waals surface area contributed by atoms with Gasteiger partial charge in [-0.15, -0.1) is 0 Å². The van der Waals surface area contributed by atoms with Gasteiger partial charge >= 0.3 is 6.09 Å². The molecule has 1 unspecified atom stereocenters. The van der Waals surface area contributed by atoms with E-state index in [9.17, 15) is 14.7 Å². The maximum absolute atomic E-state index is 12.9. The minimum atomic E-state index is -0.926. The second-order valence-electron chi connectivity index (χ2n) is 7.21. The maximum Gasteiger partial charge on any atom is 0.411 e. The Balaban J connectivity index is 2.20. The van der Waals surface area contributed by atoms with Crippen molar-refractivity contribution in [3.63, 3.8) is 0 Å². The fraction of sp³-hybridized carbons (Fsp3) is 0.556. The van der Waals surface area contributed by atoms with Crippen molar-refractivity contribution in [3.05, 3.63) is 29.8 Å². The average Bonchev–Trinajstić information content (AvgIpc) is 2.86. The van der Waals surface area contributed by atoms with Gasteiger partial charge in [0.25, 0.3) is 5.91 Å². The highest BCUT2D eigenvalue weighted by Crippen LogP contribution is 2.25. The Morgan fingerprint density at radius 3 is 2.58 bits per heavy atom. The first-order chi connectivity index (χ1) is 11.1. The van der Waals surface area contributed by atoms with Crippen LogP contribution in [0.5, 0.6) is 0 Å². The number of anilines is 1. The highest BCUT2D eigenvalue weighted by Gasteiger charge is 2.44. The molecule has 0 radical (unpaired) electrons. The summed E-state index contributed by atoms with van der Waals surface area (Å²) in [5, 5.41) is 10.2. The van der Waals surface area contributed by atoms with E-state index in [4.69, 9.17) is 4.74 Å². The first kappa shape index (κ1) is 18.3.